The number of aliphatic carboxylic acids is 1. The van der Waals surface area contributed by atoms with Crippen molar-refractivity contribution in [3.05, 3.63) is 0 Å². The fourth-order valence-corrected chi connectivity index (χ4v) is 1.36. The predicted octanol–water partition coefficient (Wildman–Crippen LogP) is -1.00. The van der Waals surface area contributed by atoms with Crippen LogP contribution in [0.1, 0.15) is 33.1 Å². The van der Waals surface area contributed by atoms with E-state index in [1.807, 2.05) is 6.92 Å². The fraction of sp³-hybridized carbons (Fsp3) is 0.667. The first-order valence-corrected chi connectivity index (χ1v) is 6.40. The van der Waals surface area contributed by atoms with Crippen LogP contribution in [-0.2, 0) is 19.2 Å². The van der Waals surface area contributed by atoms with Crippen molar-refractivity contribution < 1.29 is 24.3 Å². The van der Waals surface area contributed by atoms with Gasteiger partial charge in [-0.05, 0) is 6.42 Å². The van der Waals surface area contributed by atoms with Crippen molar-refractivity contribution in [1.29, 1.82) is 0 Å². The lowest BCUT2D eigenvalue weighted by Crippen LogP contribution is -2.46. The zero-order chi connectivity index (χ0) is 15.5. The second-order valence-electron chi connectivity index (χ2n) is 4.29. The molecule has 1 unspecified atom stereocenters. The topological polar surface area (TPSA) is 125 Å². The second-order valence-corrected chi connectivity index (χ2v) is 4.29. The van der Waals surface area contributed by atoms with E-state index < -0.39 is 23.8 Å². The average molecular weight is 287 g/mol. The second kappa shape index (κ2) is 9.76. The molecule has 0 fully saturated rings. The fourth-order valence-electron chi connectivity index (χ4n) is 1.36. The van der Waals surface area contributed by atoms with Crippen molar-refractivity contribution in [2.75, 3.05) is 13.1 Å². The van der Waals surface area contributed by atoms with Gasteiger partial charge >= 0.3 is 5.97 Å². The molecule has 8 nitrogen and oxygen atoms in total. The molecular formula is C12H21N3O5. The largest absolute Gasteiger partial charge is 0.480 e. The first-order valence-electron chi connectivity index (χ1n) is 6.40. The molecule has 0 saturated carbocycles. The van der Waals surface area contributed by atoms with Crippen molar-refractivity contribution >= 4 is 23.7 Å². The van der Waals surface area contributed by atoms with Gasteiger partial charge in [0.05, 0.1) is 13.1 Å². The van der Waals surface area contributed by atoms with Crippen LogP contribution in [0.4, 0.5) is 0 Å². The lowest BCUT2D eigenvalue weighted by Gasteiger charge is -2.14. The first-order chi connectivity index (χ1) is 9.36. The van der Waals surface area contributed by atoms with Gasteiger partial charge in [-0.3, -0.25) is 14.4 Å². The normalized spacial score (nSPS) is 11.3. The zero-order valence-electron chi connectivity index (χ0n) is 11.7. The number of carbonyl (C=O) groups is 4. The molecule has 0 aliphatic heterocycles. The molecule has 4 N–H and O–H groups in total. The summed E-state index contributed by atoms with van der Waals surface area (Å²) < 4.78 is 0. The Morgan fingerprint density at radius 3 is 2.15 bits per heavy atom. The lowest BCUT2D eigenvalue weighted by atomic mass is 10.1. The molecule has 8 heteroatoms. The van der Waals surface area contributed by atoms with Gasteiger partial charge in [-0.25, -0.2) is 4.79 Å². The van der Waals surface area contributed by atoms with Crippen LogP contribution in [0.15, 0.2) is 0 Å². The molecule has 20 heavy (non-hydrogen) atoms. The maximum absolute atomic E-state index is 11.5. The standard InChI is InChI=1S/C12H21N3O5/c1-3-4-5-9(12(19)20)15-11(18)7-14-10(17)6-13-8(2)16/h9H,3-7H2,1-2H3,(H,13,16)(H,14,17)(H,15,18)(H,19,20). The minimum Gasteiger partial charge on any atom is -0.480 e. The minimum atomic E-state index is -1.10. The van der Waals surface area contributed by atoms with Gasteiger partial charge in [0, 0.05) is 6.92 Å². The zero-order valence-corrected chi connectivity index (χ0v) is 11.7. The molecule has 0 aromatic rings. The Hall–Kier alpha value is -2.12. The molecule has 1 atom stereocenters. The van der Waals surface area contributed by atoms with Crippen LogP contribution in [0, 0.1) is 0 Å². The lowest BCUT2D eigenvalue weighted by molar-refractivity contribution is -0.142. The Kier molecular flexibility index (Phi) is 8.73. The number of hydrogen-bond acceptors (Lipinski definition) is 4. The van der Waals surface area contributed by atoms with Gasteiger partial charge in [-0.15, -0.1) is 0 Å². The first kappa shape index (κ1) is 17.9. The Labute approximate surface area is 117 Å². The highest BCUT2D eigenvalue weighted by molar-refractivity contribution is 5.89. The molecule has 0 spiro atoms. The summed E-state index contributed by atoms with van der Waals surface area (Å²) in [5.41, 5.74) is 0. The van der Waals surface area contributed by atoms with Crippen LogP contribution in [-0.4, -0.2) is 47.9 Å². The highest BCUT2D eigenvalue weighted by atomic mass is 16.4. The molecular weight excluding hydrogens is 266 g/mol. The third kappa shape index (κ3) is 8.90. The molecule has 0 aromatic heterocycles. The molecule has 0 radical (unpaired) electrons. The summed E-state index contributed by atoms with van der Waals surface area (Å²) >= 11 is 0. The number of nitrogens with one attached hydrogen (secondary N) is 3. The van der Waals surface area contributed by atoms with Gasteiger partial charge in [-0.1, -0.05) is 19.8 Å². The number of unbranched alkanes of at least 4 members (excludes halogenated alkanes) is 1. The summed E-state index contributed by atoms with van der Waals surface area (Å²) in [5.74, 6) is -2.55. The van der Waals surface area contributed by atoms with E-state index in [-0.39, 0.29) is 19.0 Å². The number of carbonyl (C=O) groups excluding carboxylic acids is 3. The van der Waals surface area contributed by atoms with Gasteiger partial charge in [-0.2, -0.15) is 0 Å². The summed E-state index contributed by atoms with van der Waals surface area (Å²) in [5, 5.41) is 15.8. The van der Waals surface area contributed by atoms with Crippen LogP contribution < -0.4 is 16.0 Å². The number of carboxylic acid groups (broad SMARTS) is 1. The summed E-state index contributed by atoms with van der Waals surface area (Å²) in [4.78, 5) is 44.2. The minimum absolute atomic E-state index is 0.221. The molecule has 114 valence electrons. The van der Waals surface area contributed by atoms with Gasteiger partial charge in [0.15, 0.2) is 0 Å². The molecule has 0 aliphatic rings. The van der Waals surface area contributed by atoms with Crippen LogP contribution in [0.5, 0.6) is 0 Å². The quantitative estimate of drug-likeness (QED) is 0.433. The third-order valence-electron chi connectivity index (χ3n) is 2.42. The van der Waals surface area contributed by atoms with Gasteiger partial charge in [0.25, 0.3) is 0 Å². The van der Waals surface area contributed by atoms with Crippen molar-refractivity contribution in [2.24, 2.45) is 0 Å². The maximum atomic E-state index is 11.5. The molecule has 0 rings (SSSR count). The van der Waals surface area contributed by atoms with Gasteiger partial charge < -0.3 is 21.1 Å². The van der Waals surface area contributed by atoms with Crippen molar-refractivity contribution in [2.45, 2.75) is 39.2 Å². The third-order valence-corrected chi connectivity index (χ3v) is 2.42. The van der Waals surface area contributed by atoms with E-state index in [0.29, 0.717) is 12.8 Å². The summed E-state index contributed by atoms with van der Waals surface area (Å²) in [7, 11) is 0. The molecule has 0 aliphatic carbocycles. The van der Waals surface area contributed by atoms with E-state index in [1.165, 1.54) is 6.92 Å². The highest BCUT2D eigenvalue weighted by Crippen LogP contribution is 2.00. The van der Waals surface area contributed by atoms with Crippen molar-refractivity contribution in [3.63, 3.8) is 0 Å². The van der Waals surface area contributed by atoms with E-state index in [9.17, 15) is 19.2 Å². The SMILES string of the molecule is CCCCC(NC(=O)CNC(=O)CNC(C)=O)C(=O)O. The van der Waals surface area contributed by atoms with E-state index in [2.05, 4.69) is 16.0 Å². The summed E-state index contributed by atoms with van der Waals surface area (Å²) in [6.07, 6.45) is 1.86. The molecule has 3 amide bonds. The number of amides is 3. The number of rotatable bonds is 9. The Bertz CT molecular complexity index is 370. The molecule has 0 heterocycles. The molecule has 0 aromatic carbocycles. The average Bonchev–Trinajstić information content (AvgIpc) is 2.38. The van der Waals surface area contributed by atoms with E-state index in [4.69, 9.17) is 5.11 Å². The molecule has 0 bridgehead atoms. The van der Waals surface area contributed by atoms with E-state index in [0.717, 1.165) is 6.42 Å². The summed E-state index contributed by atoms with van der Waals surface area (Å²) in [6.45, 7) is 2.64. The maximum Gasteiger partial charge on any atom is 0.326 e. The van der Waals surface area contributed by atoms with Crippen molar-refractivity contribution in [1.82, 2.24) is 16.0 Å². The van der Waals surface area contributed by atoms with Crippen molar-refractivity contribution in [3.8, 4) is 0 Å². The van der Waals surface area contributed by atoms with Gasteiger partial charge in [0.2, 0.25) is 17.7 Å². The monoisotopic (exact) mass is 287 g/mol. The van der Waals surface area contributed by atoms with Crippen LogP contribution in [0.3, 0.4) is 0 Å². The molecule has 0 saturated heterocycles. The predicted molar refractivity (Wildman–Crippen MR) is 70.8 cm³/mol. The highest BCUT2D eigenvalue weighted by Gasteiger charge is 2.19. The van der Waals surface area contributed by atoms with E-state index >= 15 is 0 Å². The Balaban J connectivity index is 4.03. The number of carboxylic acids is 1. The van der Waals surface area contributed by atoms with Crippen LogP contribution in [0.25, 0.3) is 0 Å². The van der Waals surface area contributed by atoms with Crippen LogP contribution in [0.2, 0.25) is 0 Å². The van der Waals surface area contributed by atoms with E-state index in [1.54, 1.807) is 0 Å². The Morgan fingerprint density at radius 2 is 1.65 bits per heavy atom. The van der Waals surface area contributed by atoms with Crippen LogP contribution >= 0.6 is 0 Å². The summed E-state index contributed by atoms with van der Waals surface area (Å²) in [6, 6.07) is -0.949. The smallest absolute Gasteiger partial charge is 0.326 e. The number of hydrogen-bond donors (Lipinski definition) is 4. The Morgan fingerprint density at radius 1 is 1.05 bits per heavy atom. The van der Waals surface area contributed by atoms with Gasteiger partial charge in [0.1, 0.15) is 6.04 Å².